The summed E-state index contributed by atoms with van der Waals surface area (Å²) in [6.45, 7) is 3.94. The van der Waals surface area contributed by atoms with E-state index in [1.165, 1.54) is 0 Å². The van der Waals surface area contributed by atoms with Crippen LogP contribution in [-0.4, -0.2) is 55.1 Å². The van der Waals surface area contributed by atoms with Gasteiger partial charge in [-0.05, 0) is 43.9 Å². The van der Waals surface area contributed by atoms with Gasteiger partial charge in [-0.3, -0.25) is 9.59 Å². The number of halogens is 1. The number of nitrogens with one attached hydrogen (secondary N) is 2. The van der Waals surface area contributed by atoms with E-state index in [1.54, 1.807) is 30.0 Å². The standard InChI is InChI=1S/C19H23ClN4O3/c1-19(12-21,13-2-3-13)23-17(25)11-22-14-4-5-15(16(20)10-14)18(26)24-6-8-27-9-7-24/h4-5,10,13,22H,2-3,6-9,11H2,1H3,(H,23,25). The monoisotopic (exact) mass is 390 g/mol. The lowest BCUT2D eigenvalue weighted by Crippen LogP contribution is -2.48. The number of ether oxygens (including phenoxy) is 1. The second kappa shape index (κ2) is 8.15. The number of nitriles is 1. The van der Waals surface area contributed by atoms with E-state index in [0.717, 1.165) is 12.8 Å². The Morgan fingerprint density at radius 1 is 1.37 bits per heavy atom. The first-order valence-corrected chi connectivity index (χ1v) is 9.43. The normalized spacial score (nSPS) is 18.9. The van der Waals surface area contributed by atoms with E-state index >= 15 is 0 Å². The predicted molar refractivity (Wildman–Crippen MR) is 102 cm³/mol. The Kier molecular flexibility index (Phi) is 5.88. The molecule has 2 amide bonds. The van der Waals surface area contributed by atoms with Crippen LogP contribution in [0.5, 0.6) is 0 Å². The second-order valence-electron chi connectivity index (χ2n) is 7.09. The summed E-state index contributed by atoms with van der Waals surface area (Å²) in [5, 5.41) is 15.4. The van der Waals surface area contributed by atoms with Crippen LogP contribution in [-0.2, 0) is 9.53 Å². The topological polar surface area (TPSA) is 94.5 Å². The zero-order valence-corrected chi connectivity index (χ0v) is 16.0. The van der Waals surface area contributed by atoms with Gasteiger partial charge < -0.3 is 20.3 Å². The molecule has 0 radical (unpaired) electrons. The molecule has 1 heterocycles. The van der Waals surface area contributed by atoms with Gasteiger partial charge in [0.25, 0.3) is 5.91 Å². The molecule has 144 valence electrons. The molecule has 3 rings (SSSR count). The van der Waals surface area contributed by atoms with Crippen LogP contribution in [0.4, 0.5) is 5.69 Å². The summed E-state index contributed by atoms with van der Waals surface area (Å²) in [5.41, 5.74) is 0.253. The lowest BCUT2D eigenvalue weighted by molar-refractivity contribution is -0.120. The van der Waals surface area contributed by atoms with Crippen LogP contribution in [0.15, 0.2) is 18.2 Å². The molecule has 2 aliphatic rings. The molecule has 2 N–H and O–H groups in total. The van der Waals surface area contributed by atoms with Crippen molar-refractivity contribution in [2.75, 3.05) is 38.2 Å². The molecule has 1 aromatic carbocycles. The Balaban J connectivity index is 1.56. The maximum Gasteiger partial charge on any atom is 0.255 e. The molecule has 8 heteroatoms. The summed E-state index contributed by atoms with van der Waals surface area (Å²) in [5.74, 6) is -0.149. The third-order valence-corrected chi connectivity index (χ3v) is 5.29. The van der Waals surface area contributed by atoms with Crippen molar-refractivity contribution in [3.63, 3.8) is 0 Å². The Hall–Kier alpha value is -2.30. The summed E-state index contributed by atoms with van der Waals surface area (Å²) in [6, 6.07) is 7.21. The summed E-state index contributed by atoms with van der Waals surface area (Å²) < 4.78 is 5.26. The number of carbonyl (C=O) groups excluding carboxylic acids is 2. The van der Waals surface area contributed by atoms with Gasteiger partial charge in [0.1, 0.15) is 5.54 Å². The number of hydrogen-bond donors (Lipinski definition) is 2. The van der Waals surface area contributed by atoms with Crippen molar-refractivity contribution in [3.05, 3.63) is 28.8 Å². The minimum atomic E-state index is -0.815. The molecule has 0 bridgehead atoms. The van der Waals surface area contributed by atoms with Gasteiger partial charge in [0.15, 0.2) is 0 Å². The number of benzene rings is 1. The SMILES string of the molecule is CC(C#N)(NC(=O)CNc1ccc(C(=O)N2CCOCC2)c(Cl)c1)C1CC1. The maximum atomic E-state index is 12.5. The Bertz CT molecular complexity index is 769. The third-order valence-electron chi connectivity index (χ3n) is 4.98. The average Bonchev–Trinajstić information content (AvgIpc) is 3.52. The van der Waals surface area contributed by atoms with Gasteiger partial charge in [0, 0.05) is 18.8 Å². The molecular weight excluding hydrogens is 368 g/mol. The van der Waals surface area contributed by atoms with Crippen molar-refractivity contribution in [2.24, 2.45) is 5.92 Å². The minimum Gasteiger partial charge on any atom is -0.378 e. The molecule has 2 fully saturated rings. The van der Waals surface area contributed by atoms with Crippen molar-refractivity contribution in [1.82, 2.24) is 10.2 Å². The van der Waals surface area contributed by atoms with E-state index in [2.05, 4.69) is 16.7 Å². The van der Waals surface area contributed by atoms with Gasteiger partial charge in [0.2, 0.25) is 5.91 Å². The summed E-state index contributed by atoms with van der Waals surface area (Å²) in [6.07, 6.45) is 1.93. The zero-order chi connectivity index (χ0) is 19.4. The van der Waals surface area contributed by atoms with E-state index in [1.807, 2.05) is 0 Å². The lowest BCUT2D eigenvalue weighted by Gasteiger charge is -2.27. The maximum absolute atomic E-state index is 12.5. The van der Waals surface area contributed by atoms with Gasteiger partial charge >= 0.3 is 0 Å². The number of amides is 2. The first-order valence-electron chi connectivity index (χ1n) is 9.05. The van der Waals surface area contributed by atoms with Crippen LogP contribution in [0.25, 0.3) is 0 Å². The molecule has 1 atom stereocenters. The van der Waals surface area contributed by atoms with Crippen LogP contribution < -0.4 is 10.6 Å². The van der Waals surface area contributed by atoms with E-state index in [4.69, 9.17) is 16.3 Å². The molecular formula is C19H23ClN4O3. The number of rotatable bonds is 6. The second-order valence-corrected chi connectivity index (χ2v) is 7.50. The van der Waals surface area contributed by atoms with Gasteiger partial charge in [-0.15, -0.1) is 0 Å². The highest BCUT2D eigenvalue weighted by Gasteiger charge is 2.42. The number of nitrogens with zero attached hydrogens (tertiary/aromatic N) is 2. The molecule has 27 heavy (non-hydrogen) atoms. The van der Waals surface area contributed by atoms with E-state index < -0.39 is 5.54 Å². The van der Waals surface area contributed by atoms with Gasteiger partial charge in [-0.25, -0.2) is 0 Å². The third kappa shape index (κ3) is 4.71. The van der Waals surface area contributed by atoms with Crippen molar-refractivity contribution < 1.29 is 14.3 Å². The van der Waals surface area contributed by atoms with Gasteiger partial charge in [0.05, 0.1) is 36.4 Å². The highest BCUT2D eigenvalue weighted by molar-refractivity contribution is 6.34. The molecule has 0 aromatic heterocycles. The molecule has 1 saturated heterocycles. The molecule has 1 saturated carbocycles. The van der Waals surface area contributed by atoms with Crippen molar-refractivity contribution in [3.8, 4) is 6.07 Å². The van der Waals surface area contributed by atoms with E-state index in [9.17, 15) is 14.9 Å². The number of anilines is 1. The molecule has 1 aromatic rings. The van der Waals surface area contributed by atoms with E-state index in [0.29, 0.717) is 42.6 Å². The quantitative estimate of drug-likeness (QED) is 0.775. The number of hydrogen-bond acceptors (Lipinski definition) is 5. The molecule has 1 unspecified atom stereocenters. The fourth-order valence-electron chi connectivity index (χ4n) is 3.13. The summed E-state index contributed by atoms with van der Waals surface area (Å²) in [7, 11) is 0. The lowest BCUT2D eigenvalue weighted by atomic mass is 9.98. The largest absolute Gasteiger partial charge is 0.378 e. The van der Waals surface area contributed by atoms with E-state index in [-0.39, 0.29) is 24.3 Å². The van der Waals surface area contributed by atoms with Crippen molar-refractivity contribution in [1.29, 1.82) is 5.26 Å². The Morgan fingerprint density at radius 3 is 2.67 bits per heavy atom. The number of carbonyl (C=O) groups is 2. The molecule has 1 aliphatic heterocycles. The summed E-state index contributed by atoms with van der Waals surface area (Å²) >= 11 is 6.28. The van der Waals surface area contributed by atoms with Crippen LogP contribution >= 0.6 is 11.6 Å². The molecule has 7 nitrogen and oxygen atoms in total. The first kappa shape index (κ1) is 19.5. The highest BCUT2D eigenvalue weighted by Crippen LogP contribution is 2.39. The number of morpholine rings is 1. The van der Waals surface area contributed by atoms with Crippen LogP contribution in [0.3, 0.4) is 0 Å². The average molecular weight is 391 g/mol. The molecule has 1 aliphatic carbocycles. The fourth-order valence-corrected chi connectivity index (χ4v) is 3.39. The van der Waals surface area contributed by atoms with Gasteiger partial charge in [-0.2, -0.15) is 5.26 Å². The molecule has 0 spiro atoms. The fraction of sp³-hybridized carbons (Fsp3) is 0.526. The highest BCUT2D eigenvalue weighted by atomic mass is 35.5. The van der Waals surface area contributed by atoms with Crippen molar-refractivity contribution in [2.45, 2.75) is 25.3 Å². The van der Waals surface area contributed by atoms with Gasteiger partial charge in [-0.1, -0.05) is 11.6 Å². The van der Waals surface area contributed by atoms with Crippen molar-refractivity contribution >= 4 is 29.1 Å². The van der Waals surface area contributed by atoms with Crippen LogP contribution in [0.2, 0.25) is 5.02 Å². The van der Waals surface area contributed by atoms with Crippen LogP contribution in [0, 0.1) is 17.2 Å². The predicted octanol–water partition coefficient (Wildman–Crippen LogP) is 2.03. The summed E-state index contributed by atoms with van der Waals surface area (Å²) in [4.78, 5) is 26.4. The Morgan fingerprint density at radius 2 is 2.07 bits per heavy atom. The van der Waals surface area contributed by atoms with Crippen LogP contribution in [0.1, 0.15) is 30.1 Å². The zero-order valence-electron chi connectivity index (χ0n) is 15.3. The smallest absolute Gasteiger partial charge is 0.255 e. The minimum absolute atomic E-state index is 0.0249. The first-order chi connectivity index (χ1) is 12.9. The Labute approximate surface area is 163 Å².